The van der Waals surface area contributed by atoms with E-state index in [0.29, 0.717) is 0 Å². The Hall–Kier alpha value is -2.01. The lowest BCUT2D eigenvalue weighted by atomic mass is 10.1. The number of carbonyl (C=O) groups excluding carboxylic acids is 2. The minimum absolute atomic E-state index is 0.803. The van der Waals surface area contributed by atoms with Gasteiger partial charge in [-0.05, 0) is 12.1 Å². The molecule has 0 aliphatic heterocycles. The molecule has 0 aliphatic carbocycles. The van der Waals surface area contributed by atoms with Gasteiger partial charge < -0.3 is 0 Å². The summed E-state index contributed by atoms with van der Waals surface area (Å²) < 4.78 is 31.1. The molecular weight excluding hydrogens is 272 g/mol. The molecule has 0 aromatic heterocycles. The highest BCUT2D eigenvalue weighted by Crippen LogP contribution is 2.22. The number of carbonyl (C=O) groups is 2. The fourth-order valence-electron chi connectivity index (χ4n) is 1.23. The van der Waals surface area contributed by atoms with E-state index in [2.05, 4.69) is 9.78 Å². The van der Waals surface area contributed by atoms with E-state index in [1.165, 1.54) is 0 Å². The second kappa shape index (κ2) is 5.10. The fourth-order valence-corrected chi connectivity index (χ4v) is 2.09. The number of hydrogen-bond donors (Lipinski definition) is 3. The Balaban J connectivity index is 3.66. The van der Waals surface area contributed by atoms with E-state index in [-0.39, 0.29) is 0 Å². The number of hydrogen-bond acceptors (Lipinski definition) is 8. The lowest BCUT2D eigenvalue weighted by molar-refractivity contribution is -0.183. The zero-order valence-corrected chi connectivity index (χ0v) is 9.25. The summed E-state index contributed by atoms with van der Waals surface area (Å²) in [5, 5.41) is 16.3. The third-order valence-electron chi connectivity index (χ3n) is 1.88. The van der Waals surface area contributed by atoms with E-state index in [0.717, 1.165) is 18.2 Å². The van der Waals surface area contributed by atoms with Gasteiger partial charge in [0, 0.05) is 0 Å². The minimum Gasteiger partial charge on any atom is -0.295 e. The largest absolute Gasteiger partial charge is 0.374 e. The predicted molar refractivity (Wildman–Crippen MR) is 52.3 cm³/mol. The van der Waals surface area contributed by atoms with E-state index < -0.39 is 38.1 Å². The van der Waals surface area contributed by atoms with Crippen LogP contribution in [-0.4, -0.2) is 35.4 Å². The molecular formula is C8H6O9S. The van der Waals surface area contributed by atoms with Crippen molar-refractivity contribution in [2.24, 2.45) is 0 Å². The molecule has 0 unspecified atom stereocenters. The van der Waals surface area contributed by atoms with Crippen LogP contribution in [0.15, 0.2) is 23.1 Å². The van der Waals surface area contributed by atoms with Crippen molar-refractivity contribution in [1.29, 1.82) is 0 Å². The molecule has 0 saturated carbocycles. The average Bonchev–Trinajstić information content (AvgIpc) is 2.34. The first-order valence-corrected chi connectivity index (χ1v) is 5.59. The normalized spacial score (nSPS) is 10.8. The maximum Gasteiger partial charge on any atom is 0.374 e. The average molecular weight is 278 g/mol. The highest BCUT2D eigenvalue weighted by molar-refractivity contribution is 7.86. The molecule has 1 aromatic rings. The van der Waals surface area contributed by atoms with Crippen molar-refractivity contribution in [3.63, 3.8) is 0 Å². The summed E-state index contributed by atoms with van der Waals surface area (Å²) in [6.45, 7) is 0. The molecule has 0 amide bonds. The van der Waals surface area contributed by atoms with Crippen LogP contribution < -0.4 is 0 Å². The van der Waals surface area contributed by atoms with Crippen molar-refractivity contribution in [1.82, 2.24) is 0 Å². The van der Waals surface area contributed by atoms with E-state index in [9.17, 15) is 18.0 Å². The summed E-state index contributed by atoms with van der Waals surface area (Å²) in [7, 11) is -5.00. The Morgan fingerprint density at radius 2 is 1.39 bits per heavy atom. The maximum absolute atomic E-state index is 11.1. The van der Waals surface area contributed by atoms with Gasteiger partial charge in [0.1, 0.15) is 4.90 Å². The number of benzene rings is 1. The Morgan fingerprint density at radius 3 is 1.67 bits per heavy atom. The maximum atomic E-state index is 11.1. The molecule has 98 valence electrons. The molecule has 9 nitrogen and oxygen atoms in total. The third-order valence-corrected chi connectivity index (χ3v) is 2.83. The SMILES string of the molecule is O=C(OO)c1cccc(C(=O)OO)c1S(=O)(=O)O. The van der Waals surface area contributed by atoms with Crippen molar-refractivity contribution in [3.8, 4) is 0 Å². The molecule has 0 radical (unpaired) electrons. The van der Waals surface area contributed by atoms with Crippen LogP contribution in [-0.2, 0) is 19.9 Å². The lowest BCUT2D eigenvalue weighted by Crippen LogP contribution is -2.16. The monoisotopic (exact) mass is 278 g/mol. The Kier molecular flexibility index (Phi) is 3.98. The summed E-state index contributed by atoms with van der Waals surface area (Å²) in [4.78, 5) is 27.6. The molecule has 1 aromatic carbocycles. The lowest BCUT2D eigenvalue weighted by Gasteiger charge is -2.07. The van der Waals surface area contributed by atoms with Crippen molar-refractivity contribution in [2.45, 2.75) is 4.90 Å². The highest BCUT2D eigenvalue weighted by atomic mass is 32.2. The van der Waals surface area contributed by atoms with Gasteiger partial charge >= 0.3 is 11.9 Å². The van der Waals surface area contributed by atoms with E-state index >= 15 is 0 Å². The Morgan fingerprint density at radius 1 is 1.00 bits per heavy atom. The van der Waals surface area contributed by atoms with Gasteiger partial charge in [0.25, 0.3) is 10.1 Å². The summed E-state index contributed by atoms with van der Waals surface area (Å²) in [6, 6.07) is 2.79. The standard InChI is InChI=1S/C8H6O9S/c9-7(16-11)4-2-1-3-5(8(10)17-12)6(4)18(13,14)15/h1-3,11-12H,(H,13,14,15). The third kappa shape index (κ3) is 2.62. The van der Waals surface area contributed by atoms with Crippen LogP contribution in [0.1, 0.15) is 20.7 Å². The summed E-state index contributed by atoms with van der Waals surface area (Å²) >= 11 is 0. The van der Waals surface area contributed by atoms with Gasteiger partial charge in [-0.15, -0.1) is 0 Å². The van der Waals surface area contributed by atoms with Crippen LogP contribution in [0.25, 0.3) is 0 Å². The van der Waals surface area contributed by atoms with E-state index in [1.54, 1.807) is 0 Å². The second-order valence-electron chi connectivity index (χ2n) is 2.91. The molecule has 0 heterocycles. The molecule has 0 aliphatic rings. The molecule has 0 atom stereocenters. The van der Waals surface area contributed by atoms with Crippen LogP contribution in [0.3, 0.4) is 0 Å². The summed E-state index contributed by atoms with van der Waals surface area (Å²) in [5.41, 5.74) is -1.61. The van der Waals surface area contributed by atoms with E-state index in [1.807, 2.05) is 0 Å². The van der Waals surface area contributed by atoms with Gasteiger partial charge in [-0.3, -0.25) is 14.3 Å². The van der Waals surface area contributed by atoms with Gasteiger partial charge in [0.2, 0.25) is 0 Å². The van der Waals surface area contributed by atoms with Crippen molar-refractivity contribution in [2.75, 3.05) is 0 Å². The Bertz CT molecular complexity index is 554. The van der Waals surface area contributed by atoms with Crippen LogP contribution in [0.5, 0.6) is 0 Å². The zero-order chi connectivity index (χ0) is 13.9. The van der Waals surface area contributed by atoms with Crippen molar-refractivity contribution in [3.05, 3.63) is 29.3 Å². The van der Waals surface area contributed by atoms with Gasteiger partial charge in [-0.2, -0.15) is 18.9 Å². The van der Waals surface area contributed by atoms with E-state index in [4.69, 9.17) is 15.1 Å². The molecule has 3 N–H and O–H groups in total. The minimum atomic E-state index is -5.00. The van der Waals surface area contributed by atoms with Crippen LogP contribution in [0, 0.1) is 0 Å². The molecule has 0 fully saturated rings. The fraction of sp³-hybridized carbons (Fsp3) is 0. The molecule has 0 saturated heterocycles. The van der Waals surface area contributed by atoms with Crippen LogP contribution in [0.4, 0.5) is 0 Å². The Labute approximate surface area is 99.8 Å². The first-order chi connectivity index (χ1) is 8.32. The molecule has 0 spiro atoms. The topological polar surface area (TPSA) is 147 Å². The van der Waals surface area contributed by atoms with Crippen LogP contribution in [0.2, 0.25) is 0 Å². The highest BCUT2D eigenvalue weighted by Gasteiger charge is 2.29. The number of rotatable bonds is 3. The first kappa shape index (κ1) is 14.1. The van der Waals surface area contributed by atoms with Crippen molar-refractivity contribution < 1.29 is 42.8 Å². The van der Waals surface area contributed by atoms with Crippen LogP contribution >= 0.6 is 0 Å². The van der Waals surface area contributed by atoms with Gasteiger partial charge in [-0.1, -0.05) is 6.07 Å². The summed E-state index contributed by atoms with van der Waals surface area (Å²) in [5.74, 6) is -3.04. The van der Waals surface area contributed by atoms with Gasteiger partial charge in [-0.25, -0.2) is 9.59 Å². The smallest absolute Gasteiger partial charge is 0.295 e. The van der Waals surface area contributed by atoms with Crippen molar-refractivity contribution >= 4 is 22.1 Å². The molecule has 18 heavy (non-hydrogen) atoms. The molecule has 10 heteroatoms. The molecule has 1 rings (SSSR count). The quantitative estimate of drug-likeness (QED) is 0.400. The summed E-state index contributed by atoms with van der Waals surface area (Å²) in [6.07, 6.45) is 0. The first-order valence-electron chi connectivity index (χ1n) is 4.15. The zero-order valence-electron chi connectivity index (χ0n) is 8.43. The molecule has 0 bridgehead atoms. The van der Waals surface area contributed by atoms with Gasteiger partial charge in [0.05, 0.1) is 11.1 Å². The predicted octanol–water partition coefficient (Wildman–Crippen LogP) is 0.193. The van der Waals surface area contributed by atoms with Gasteiger partial charge in [0.15, 0.2) is 0 Å². The second-order valence-corrected chi connectivity index (χ2v) is 4.27.